The van der Waals surface area contributed by atoms with E-state index in [2.05, 4.69) is 32.0 Å². The molecule has 3 N–H and O–H groups in total. The van der Waals surface area contributed by atoms with Crippen molar-refractivity contribution < 1.29 is 0 Å². The van der Waals surface area contributed by atoms with Crippen LogP contribution in [0, 0.1) is 24.7 Å². The molecule has 1 aromatic carbocycles. The normalized spacial score (nSPS) is 11.6. The lowest BCUT2D eigenvalue weighted by molar-refractivity contribution is 0.448. The second-order valence-electron chi connectivity index (χ2n) is 5.85. The average Bonchev–Trinajstić information content (AvgIpc) is 2.33. The zero-order valence-electron chi connectivity index (χ0n) is 12.5. The van der Waals surface area contributed by atoms with E-state index in [-0.39, 0.29) is 5.41 Å². The van der Waals surface area contributed by atoms with Gasteiger partial charge in [0, 0.05) is 10.3 Å². The fraction of sp³-hybridized carbons (Fsp3) is 0.562. The third kappa shape index (κ3) is 5.27. The number of aryl methyl sites for hydroxylation is 2. The molecule has 3 heteroatoms. The molecule has 0 amide bonds. The summed E-state index contributed by atoms with van der Waals surface area (Å²) in [6.07, 6.45) is 3.30. The number of unbranched alkanes of at least 4 members (excludes halogenated alkanes) is 1. The summed E-state index contributed by atoms with van der Waals surface area (Å²) < 4.78 is 0. The number of amidine groups is 1. The van der Waals surface area contributed by atoms with Gasteiger partial charge in [0.05, 0.1) is 5.84 Å². The van der Waals surface area contributed by atoms with Crippen molar-refractivity contribution >= 4 is 17.6 Å². The minimum absolute atomic E-state index is 0.148. The van der Waals surface area contributed by atoms with Crippen LogP contribution in [-0.2, 0) is 0 Å². The molecule has 0 unspecified atom stereocenters. The fourth-order valence-electron chi connectivity index (χ4n) is 1.80. The Hall–Kier alpha value is -0.960. The molecule has 0 atom stereocenters. The van der Waals surface area contributed by atoms with Crippen molar-refractivity contribution in [2.45, 2.75) is 51.9 Å². The van der Waals surface area contributed by atoms with Crippen molar-refractivity contribution in [2.75, 3.05) is 5.75 Å². The quantitative estimate of drug-likeness (QED) is 0.333. The van der Waals surface area contributed by atoms with Crippen LogP contribution in [0.15, 0.2) is 23.1 Å². The van der Waals surface area contributed by atoms with Crippen molar-refractivity contribution in [3.05, 3.63) is 29.3 Å². The van der Waals surface area contributed by atoms with Gasteiger partial charge in [-0.05, 0) is 55.7 Å². The van der Waals surface area contributed by atoms with Crippen molar-refractivity contribution in [3.8, 4) is 0 Å². The summed E-state index contributed by atoms with van der Waals surface area (Å²) >= 11 is 1.92. The van der Waals surface area contributed by atoms with Gasteiger partial charge in [-0.2, -0.15) is 0 Å². The maximum Gasteiger partial charge on any atom is 0.0963 e. The Morgan fingerprint density at radius 2 is 1.89 bits per heavy atom. The monoisotopic (exact) mass is 278 g/mol. The lowest BCUT2D eigenvalue weighted by Gasteiger charge is -2.22. The summed E-state index contributed by atoms with van der Waals surface area (Å²) in [4.78, 5) is 1.36. The smallest absolute Gasteiger partial charge is 0.0963 e. The molecule has 1 aromatic rings. The standard InChI is InChI=1S/C16H26N2S/c1-12-7-8-14(11-13(12)2)19-10-6-5-9-16(3,4)15(17)18/h7-8,11H,5-6,9-10H2,1-4H3,(H3,17,18). The number of hydrogen-bond donors (Lipinski definition) is 2. The summed E-state index contributed by atoms with van der Waals surface area (Å²) in [5, 5.41) is 7.53. The van der Waals surface area contributed by atoms with Crippen LogP contribution < -0.4 is 5.73 Å². The third-order valence-electron chi connectivity index (χ3n) is 3.67. The average molecular weight is 278 g/mol. The molecular formula is C16H26N2S. The van der Waals surface area contributed by atoms with Gasteiger partial charge in [0.15, 0.2) is 0 Å². The van der Waals surface area contributed by atoms with Gasteiger partial charge in [0.25, 0.3) is 0 Å². The highest BCUT2D eigenvalue weighted by Crippen LogP contribution is 2.26. The summed E-state index contributed by atoms with van der Waals surface area (Å²) in [5.74, 6) is 1.44. The molecule has 0 radical (unpaired) electrons. The molecule has 106 valence electrons. The predicted molar refractivity (Wildman–Crippen MR) is 86.2 cm³/mol. The fourth-order valence-corrected chi connectivity index (χ4v) is 2.81. The molecule has 1 rings (SSSR count). The number of rotatable bonds is 7. The van der Waals surface area contributed by atoms with Crippen LogP contribution in [0.5, 0.6) is 0 Å². The molecule has 0 fully saturated rings. The van der Waals surface area contributed by atoms with E-state index in [1.807, 2.05) is 25.6 Å². The van der Waals surface area contributed by atoms with Gasteiger partial charge in [-0.25, -0.2) is 0 Å². The van der Waals surface area contributed by atoms with Crippen molar-refractivity contribution in [2.24, 2.45) is 11.1 Å². The topological polar surface area (TPSA) is 49.9 Å². The minimum atomic E-state index is -0.148. The second kappa shape index (κ2) is 6.99. The maximum absolute atomic E-state index is 7.53. The van der Waals surface area contributed by atoms with E-state index in [1.54, 1.807) is 0 Å². The molecule has 0 aliphatic heterocycles. The van der Waals surface area contributed by atoms with E-state index in [9.17, 15) is 0 Å². The van der Waals surface area contributed by atoms with Crippen LogP contribution in [0.2, 0.25) is 0 Å². The largest absolute Gasteiger partial charge is 0.387 e. The first-order chi connectivity index (χ1) is 8.83. The SMILES string of the molecule is Cc1ccc(SCCCCC(C)(C)C(=N)N)cc1C. The Bertz CT molecular complexity index is 438. The summed E-state index contributed by atoms with van der Waals surface area (Å²) in [7, 11) is 0. The molecule has 19 heavy (non-hydrogen) atoms. The number of nitrogens with two attached hydrogens (primary N) is 1. The van der Waals surface area contributed by atoms with Gasteiger partial charge in [-0.1, -0.05) is 26.3 Å². The van der Waals surface area contributed by atoms with E-state index in [0.29, 0.717) is 5.84 Å². The summed E-state index contributed by atoms with van der Waals surface area (Å²) in [6, 6.07) is 6.66. The molecule has 0 aliphatic rings. The summed E-state index contributed by atoms with van der Waals surface area (Å²) in [6.45, 7) is 8.40. The van der Waals surface area contributed by atoms with Gasteiger partial charge in [-0.3, -0.25) is 5.41 Å². The van der Waals surface area contributed by atoms with Crippen molar-refractivity contribution in [3.63, 3.8) is 0 Å². The van der Waals surface area contributed by atoms with E-state index in [4.69, 9.17) is 11.1 Å². The van der Waals surface area contributed by atoms with Gasteiger partial charge in [0.2, 0.25) is 0 Å². The molecule has 0 spiro atoms. The van der Waals surface area contributed by atoms with Crippen molar-refractivity contribution in [1.29, 1.82) is 5.41 Å². The summed E-state index contributed by atoms with van der Waals surface area (Å²) in [5.41, 5.74) is 8.16. The molecular weight excluding hydrogens is 252 g/mol. The minimum Gasteiger partial charge on any atom is -0.387 e. The third-order valence-corrected chi connectivity index (χ3v) is 4.75. The van der Waals surface area contributed by atoms with Crippen molar-refractivity contribution in [1.82, 2.24) is 0 Å². The molecule has 0 heterocycles. The van der Waals surface area contributed by atoms with E-state index in [1.165, 1.54) is 22.4 Å². The predicted octanol–water partition coefficient (Wildman–Crippen LogP) is 4.53. The highest BCUT2D eigenvalue weighted by Gasteiger charge is 2.20. The van der Waals surface area contributed by atoms with E-state index >= 15 is 0 Å². The lowest BCUT2D eigenvalue weighted by Crippen LogP contribution is -2.30. The zero-order valence-corrected chi connectivity index (χ0v) is 13.4. The highest BCUT2D eigenvalue weighted by molar-refractivity contribution is 7.99. The number of nitrogens with one attached hydrogen (secondary N) is 1. The second-order valence-corrected chi connectivity index (χ2v) is 7.02. The van der Waals surface area contributed by atoms with Crippen LogP contribution in [-0.4, -0.2) is 11.6 Å². The zero-order chi connectivity index (χ0) is 14.5. The molecule has 0 saturated carbocycles. The van der Waals surface area contributed by atoms with Crippen LogP contribution in [0.3, 0.4) is 0 Å². The van der Waals surface area contributed by atoms with Crippen LogP contribution in [0.4, 0.5) is 0 Å². The Balaban J connectivity index is 2.28. The van der Waals surface area contributed by atoms with Gasteiger partial charge < -0.3 is 5.73 Å². The molecule has 0 saturated heterocycles. The van der Waals surface area contributed by atoms with Crippen LogP contribution >= 0.6 is 11.8 Å². The first-order valence-electron chi connectivity index (χ1n) is 6.87. The first-order valence-corrected chi connectivity index (χ1v) is 7.86. The van der Waals surface area contributed by atoms with Gasteiger partial charge in [-0.15, -0.1) is 11.8 Å². The van der Waals surface area contributed by atoms with E-state index in [0.717, 1.165) is 18.6 Å². The Morgan fingerprint density at radius 3 is 2.47 bits per heavy atom. The number of benzene rings is 1. The first kappa shape index (κ1) is 16.1. The molecule has 0 aromatic heterocycles. The van der Waals surface area contributed by atoms with Gasteiger partial charge in [0.1, 0.15) is 0 Å². The Labute approximate surface area is 121 Å². The van der Waals surface area contributed by atoms with Crippen LogP contribution in [0.1, 0.15) is 44.2 Å². The Kier molecular flexibility index (Phi) is 5.92. The van der Waals surface area contributed by atoms with Gasteiger partial charge >= 0.3 is 0 Å². The van der Waals surface area contributed by atoms with E-state index < -0.39 is 0 Å². The molecule has 2 nitrogen and oxygen atoms in total. The number of hydrogen-bond acceptors (Lipinski definition) is 2. The Morgan fingerprint density at radius 1 is 1.21 bits per heavy atom. The molecule has 0 bridgehead atoms. The lowest BCUT2D eigenvalue weighted by atomic mass is 9.86. The molecule has 0 aliphatic carbocycles. The number of thioether (sulfide) groups is 1. The highest BCUT2D eigenvalue weighted by atomic mass is 32.2. The maximum atomic E-state index is 7.53. The van der Waals surface area contributed by atoms with Crippen LogP contribution in [0.25, 0.3) is 0 Å².